The molecule has 2 aromatic rings. The van der Waals surface area contributed by atoms with Gasteiger partial charge in [-0.25, -0.2) is 4.99 Å². The minimum absolute atomic E-state index is 0.117. The highest BCUT2D eigenvalue weighted by Gasteiger charge is 2.25. The fourth-order valence-corrected chi connectivity index (χ4v) is 3.53. The van der Waals surface area contributed by atoms with E-state index in [0.717, 1.165) is 10.9 Å². The Morgan fingerprint density at radius 2 is 2.21 bits per heavy atom. The zero-order chi connectivity index (χ0) is 13.2. The van der Waals surface area contributed by atoms with Gasteiger partial charge in [0.2, 0.25) is 0 Å². The van der Waals surface area contributed by atoms with Crippen LogP contribution in [0.1, 0.15) is 28.9 Å². The van der Waals surface area contributed by atoms with Gasteiger partial charge in [0.05, 0.1) is 12.1 Å². The summed E-state index contributed by atoms with van der Waals surface area (Å²) in [6.45, 7) is 0. The average molecular weight is 336 g/mol. The molecule has 3 rings (SSSR count). The van der Waals surface area contributed by atoms with E-state index < -0.39 is 0 Å². The molecule has 0 saturated carbocycles. The first-order valence-electron chi connectivity index (χ1n) is 6.11. The maximum atomic E-state index is 5.93. The molecule has 0 saturated heterocycles. The molecule has 1 aliphatic rings. The number of hydrogen-bond donors (Lipinski definition) is 2. The van der Waals surface area contributed by atoms with Crippen LogP contribution in [0.3, 0.4) is 0 Å². The predicted octanol–water partition coefficient (Wildman–Crippen LogP) is 3.60. The number of aliphatic imine (C=N–C) groups is 1. The number of hydrogen-bond acceptors (Lipinski definition) is 4. The highest BCUT2D eigenvalue weighted by molar-refractivity contribution is 9.10. The monoisotopic (exact) mass is 335 g/mol. The molecule has 5 heteroatoms. The van der Waals surface area contributed by atoms with Crippen molar-refractivity contribution >= 4 is 33.2 Å². The normalized spacial score (nSPS) is 22.7. The molecule has 2 unspecified atom stereocenters. The van der Waals surface area contributed by atoms with Crippen LogP contribution in [-0.2, 0) is 0 Å². The maximum absolute atomic E-state index is 5.93. The molecule has 2 heterocycles. The van der Waals surface area contributed by atoms with Gasteiger partial charge in [0, 0.05) is 9.35 Å². The van der Waals surface area contributed by atoms with Gasteiger partial charge in [-0.3, -0.25) is 0 Å². The third kappa shape index (κ3) is 2.82. The molecule has 1 aromatic heterocycles. The summed E-state index contributed by atoms with van der Waals surface area (Å²) < 4.78 is 1.07. The summed E-state index contributed by atoms with van der Waals surface area (Å²) in [5, 5.41) is 5.35. The third-order valence-corrected chi connectivity index (χ3v) is 4.68. The predicted molar refractivity (Wildman–Crippen MR) is 83.3 cm³/mol. The molecule has 1 aromatic carbocycles. The van der Waals surface area contributed by atoms with Crippen molar-refractivity contribution < 1.29 is 0 Å². The fourth-order valence-electron chi connectivity index (χ4n) is 2.32. The van der Waals surface area contributed by atoms with Crippen LogP contribution in [-0.4, -0.2) is 5.96 Å². The molecule has 0 spiro atoms. The van der Waals surface area contributed by atoms with Crippen LogP contribution in [0, 0.1) is 0 Å². The molecular weight excluding hydrogens is 322 g/mol. The molecule has 1 aliphatic heterocycles. The van der Waals surface area contributed by atoms with Crippen LogP contribution in [0.25, 0.3) is 0 Å². The van der Waals surface area contributed by atoms with Crippen molar-refractivity contribution in [1.29, 1.82) is 0 Å². The van der Waals surface area contributed by atoms with E-state index in [1.807, 2.05) is 12.1 Å². The lowest BCUT2D eigenvalue weighted by atomic mass is 9.97. The van der Waals surface area contributed by atoms with E-state index in [-0.39, 0.29) is 12.1 Å². The van der Waals surface area contributed by atoms with E-state index >= 15 is 0 Å². The Kier molecular flexibility index (Phi) is 3.57. The van der Waals surface area contributed by atoms with E-state index in [1.165, 1.54) is 10.4 Å². The Hall–Kier alpha value is -1.33. The lowest BCUT2D eigenvalue weighted by Gasteiger charge is -2.27. The lowest BCUT2D eigenvalue weighted by molar-refractivity contribution is 0.493. The summed E-state index contributed by atoms with van der Waals surface area (Å²) in [5.74, 6) is 0.523. The van der Waals surface area contributed by atoms with Gasteiger partial charge in [-0.2, -0.15) is 0 Å². The summed E-state index contributed by atoms with van der Waals surface area (Å²) in [6, 6.07) is 12.8. The van der Waals surface area contributed by atoms with Crippen LogP contribution < -0.4 is 11.1 Å². The van der Waals surface area contributed by atoms with Gasteiger partial charge >= 0.3 is 0 Å². The van der Waals surface area contributed by atoms with Crippen LogP contribution in [0.2, 0.25) is 0 Å². The number of guanidine groups is 1. The van der Waals surface area contributed by atoms with Crippen molar-refractivity contribution in [3.8, 4) is 0 Å². The molecule has 3 N–H and O–H groups in total. The van der Waals surface area contributed by atoms with Crippen LogP contribution in [0.5, 0.6) is 0 Å². The first-order valence-corrected chi connectivity index (χ1v) is 7.78. The van der Waals surface area contributed by atoms with Crippen molar-refractivity contribution in [3.05, 3.63) is 56.7 Å². The molecule has 0 amide bonds. The van der Waals surface area contributed by atoms with Crippen molar-refractivity contribution in [2.45, 2.75) is 18.5 Å². The van der Waals surface area contributed by atoms with E-state index in [2.05, 4.69) is 55.9 Å². The smallest absolute Gasteiger partial charge is 0.189 e. The lowest BCUT2D eigenvalue weighted by Crippen LogP contribution is -2.39. The maximum Gasteiger partial charge on any atom is 0.189 e. The van der Waals surface area contributed by atoms with Gasteiger partial charge < -0.3 is 11.1 Å². The van der Waals surface area contributed by atoms with E-state index in [0.29, 0.717) is 5.96 Å². The van der Waals surface area contributed by atoms with Crippen LogP contribution >= 0.6 is 27.3 Å². The van der Waals surface area contributed by atoms with E-state index in [1.54, 1.807) is 11.3 Å². The number of halogens is 1. The molecule has 0 radical (unpaired) electrons. The van der Waals surface area contributed by atoms with Crippen LogP contribution in [0.4, 0.5) is 0 Å². The number of rotatable bonds is 2. The first-order chi connectivity index (χ1) is 9.22. The molecule has 3 nitrogen and oxygen atoms in total. The van der Waals surface area contributed by atoms with Gasteiger partial charge in [0.15, 0.2) is 5.96 Å². The van der Waals surface area contributed by atoms with Gasteiger partial charge in [-0.15, -0.1) is 11.3 Å². The Morgan fingerprint density at radius 1 is 1.32 bits per heavy atom. The average Bonchev–Trinajstić information content (AvgIpc) is 2.92. The summed E-state index contributed by atoms with van der Waals surface area (Å²) in [5.41, 5.74) is 7.12. The second-order valence-corrected chi connectivity index (χ2v) is 6.43. The van der Waals surface area contributed by atoms with Gasteiger partial charge in [0.1, 0.15) is 0 Å². The number of nitrogens with two attached hydrogens (primary N) is 1. The van der Waals surface area contributed by atoms with Gasteiger partial charge in [-0.1, -0.05) is 34.1 Å². The minimum atomic E-state index is 0.117. The zero-order valence-corrected chi connectivity index (χ0v) is 12.6. The summed E-state index contributed by atoms with van der Waals surface area (Å²) in [6.07, 6.45) is 0.928. The SMILES string of the molecule is NC1=NC(c2cccc(Br)c2)CC(c2cccs2)N1. The summed E-state index contributed by atoms with van der Waals surface area (Å²) in [4.78, 5) is 5.82. The van der Waals surface area contributed by atoms with Crippen molar-refractivity contribution in [1.82, 2.24) is 5.32 Å². The Balaban J connectivity index is 1.88. The second kappa shape index (κ2) is 5.35. The molecule has 2 atom stereocenters. The summed E-state index contributed by atoms with van der Waals surface area (Å²) >= 11 is 5.25. The highest BCUT2D eigenvalue weighted by Crippen LogP contribution is 2.34. The van der Waals surface area contributed by atoms with E-state index in [4.69, 9.17) is 5.73 Å². The molecule has 0 bridgehead atoms. The number of nitrogens with zero attached hydrogens (tertiary/aromatic N) is 1. The Bertz CT molecular complexity index is 594. The fraction of sp³-hybridized carbons (Fsp3) is 0.214. The molecule has 19 heavy (non-hydrogen) atoms. The Labute approximate surface area is 124 Å². The zero-order valence-electron chi connectivity index (χ0n) is 10.2. The second-order valence-electron chi connectivity index (χ2n) is 4.53. The van der Waals surface area contributed by atoms with E-state index in [9.17, 15) is 0 Å². The van der Waals surface area contributed by atoms with Gasteiger partial charge in [-0.05, 0) is 35.6 Å². The summed E-state index contributed by atoms with van der Waals surface area (Å²) in [7, 11) is 0. The highest BCUT2D eigenvalue weighted by atomic mass is 79.9. The minimum Gasteiger partial charge on any atom is -0.370 e. The molecule has 0 fully saturated rings. The van der Waals surface area contributed by atoms with Crippen molar-refractivity contribution in [2.75, 3.05) is 0 Å². The van der Waals surface area contributed by atoms with Crippen molar-refractivity contribution in [2.24, 2.45) is 10.7 Å². The first kappa shape index (κ1) is 12.7. The van der Waals surface area contributed by atoms with Gasteiger partial charge in [0.25, 0.3) is 0 Å². The third-order valence-electron chi connectivity index (χ3n) is 3.20. The number of nitrogens with one attached hydrogen (secondary N) is 1. The standard InChI is InChI=1S/C14H14BrN3S/c15-10-4-1-3-9(7-10)11-8-12(18-14(16)17-11)13-5-2-6-19-13/h1-7,11-12H,8H2,(H3,16,17,18). The number of benzene rings is 1. The molecule has 0 aliphatic carbocycles. The largest absolute Gasteiger partial charge is 0.370 e. The Morgan fingerprint density at radius 3 is 2.95 bits per heavy atom. The quantitative estimate of drug-likeness (QED) is 0.880. The molecule has 98 valence electrons. The topological polar surface area (TPSA) is 50.4 Å². The molecular formula is C14H14BrN3S. The number of thiophene rings is 1. The van der Waals surface area contributed by atoms with Crippen molar-refractivity contribution in [3.63, 3.8) is 0 Å². The van der Waals surface area contributed by atoms with Crippen LogP contribution in [0.15, 0.2) is 51.2 Å².